The van der Waals surface area contributed by atoms with Crippen molar-refractivity contribution in [2.75, 3.05) is 5.32 Å². The molecule has 0 saturated carbocycles. The van der Waals surface area contributed by atoms with Gasteiger partial charge in [-0.2, -0.15) is 0 Å². The van der Waals surface area contributed by atoms with Gasteiger partial charge in [0.05, 0.1) is 0 Å². The number of alkyl halides is 3. The van der Waals surface area contributed by atoms with Crippen molar-refractivity contribution in [2.24, 2.45) is 0 Å². The van der Waals surface area contributed by atoms with Gasteiger partial charge in [0.1, 0.15) is 11.5 Å². The van der Waals surface area contributed by atoms with Gasteiger partial charge in [-0.3, -0.25) is 0 Å². The molecule has 112 valence electrons. The second-order valence-corrected chi connectivity index (χ2v) is 4.56. The highest BCUT2D eigenvalue weighted by Gasteiger charge is 2.31. The molecular formula is C15H14F3NO2. The van der Waals surface area contributed by atoms with Gasteiger partial charge < -0.3 is 15.2 Å². The summed E-state index contributed by atoms with van der Waals surface area (Å²) in [6, 6.07) is 10.7. The van der Waals surface area contributed by atoms with Crippen LogP contribution in [0.5, 0.6) is 11.5 Å². The van der Waals surface area contributed by atoms with Crippen molar-refractivity contribution in [3.8, 4) is 11.5 Å². The average Bonchev–Trinajstić information content (AvgIpc) is 2.38. The number of hydrogen-bond acceptors (Lipinski definition) is 3. The van der Waals surface area contributed by atoms with Crippen LogP contribution in [0, 0.1) is 6.92 Å². The number of rotatable bonds is 4. The number of anilines is 1. The van der Waals surface area contributed by atoms with Crippen LogP contribution in [0.3, 0.4) is 0 Å². The maximum atomic E-state index is 12.1. The molecule has 2 N–H and O–H groups in total. The monoisotopic (exact) mass is 297 g/mol. The van der Waals surface area contributed by atoms with E-state index >= 15 is 0 Å². The van der Waals surface area contributed by atoms with Crippen LogP contribution in [-0.4, -0.2) is 11.5 Å². The Morgan fingerprint density at radius 1 is 1.14 bits per heavy atom. The third-order valence-electron chi connectivity index (χ3n) is 2.79. The summed E-state index contributed by atoms with van der Waals surface area (Å²) in [5, 5.41) is 12.7. The molecule has 0 heterocycles. The standard InChI is InChI=1S/C15H14F3NO2/c1-10-5-6-14(20)11(7-10)9-19-12-3-2-4-13(8-12)21-15(16,17)18/h2-8,19-20H,9H2,1H3. The molecule has 0 aliphatic carbocycles. The molecule has 0 saturated heterocycles. The first-order chi connectivity index (χ1) is 9.83. The van der Waals surface area contributed by atoms with Gasteiger partial charge in [0.2, 0.25) is 0 Å². The molecule has 3 nitrogen and oxygen atoms in total. The molecule has 2 rings (SSSR count). The molecule has 0 aliphatic heterocycles. The van der Waals surface area contributed by atoms with Gasteiger partial charge in [-0.25, -0.2) is 0 Å². The van der Waals surface area contributed by atoms with E-state index in [1.54, 1.807) is 24.3 Å². The van der Waals surface area contributed by atoms with Gasteiger partial charge in [0.25, 0.3) is 0 Å². The minimum absolute atomic E-state index is 0.135. The molecule has 0 bridgehead atoms. The molecule has 6 heteroatoms. The van der Waals surface area contributed by atoms with Crippen LogP contribution >= 0.6 is 0 Å². The van der Waals surface area contributed by atoms with Crippen molar-refractivity contribution in [3.63, 3.8) is 0 Å². The summed E-state index contributed by atoms with van der Waals surface area (Å²) in [6.07, 6.45) is -4.71. The van der Waals surface area contributed by atoms with E-state index in [0.29, 0.717) is 17.8 Å². The second kappa shape index (κ2) is 5.95. The Morgan fingerprint density at radius 2 is 1.90 bits per heavy atom. The van der Waals surface area contributed by atoms with Crippen LogP contribution < -0.4 is 10.1 Å². The predicted molar refractivity (Wildman–Crippen MR) is 73.3 cm³/mol. The van der Waals surface area contributed by atoms with Crippen LogP contribution in [0.15, 0.2) is 42.5 Å². The van der Waals surface area contributed by atoms with E-state index in [9.17, 15) is 18.3 Å². The molecule has 21 heavy (non-hydrogen) atoms. The highest BCUT2D eigenvalue weighted by atomic mass is 19.4. The van der Waals surface area contributed by atoms with Gasteiger partial charge in [-0.1, -0.05) is 23.8 Å². The lowest BCUT2D eigenvalue weighted by molar-refractivity contribution is -0.274. The number of aryl methyl sites for hydroxylation is 1. The van der Waals surface area contributed by atoms with E-state index in [0.717, 1.165) is 5.56 Å². The number of phenols is 1. The van der Waals surface area contributed by atoms with Crippen molar-refractivity contribution in [2.45, 2.75) is 19.8 Å². The lowest BCUT2D eigenvalue weighted by Gasteiger charge is -2.12. The normalized spacial score (nSPS) is 11.2. The number of hydrogen-bond donors (Lipinski definition) is 2. The number of aromatic hydroxyl groups is 1. The number of nitrogens with one attached hydrogen (secondary N) is 1. The summed E-state index contributed by atoms with van der Waals surface area (Å²) in [7, 11) is 0. The maximum absolute atomic E-state index is 12.1. The van der Waals surface area contributed by atoms with Crippen molar-refractivity contribution in [3.05, 3.63) is 53.6 Å². The third kappa shape index (κ3) is 4.59. The van der Waals surface area contributed by atoms with Crippen molar-refractivity contribution in [1.29, 1.82) is 0 Å². The largest absolute Gasteiger partial charge is 0.573 e. The summed E-state index contributed by atoms with van der Waals surface area (Å²) in [4.78, 5) is 0. The van der Waals surface area contributed by atoms with Gasteiger partial charge in [-0.15, -0.1) is 13.2 Å². The molecule has 0 fully saturated rings. The average molecular weight is 297 g/mol. The zero-order valence-electron chi connectivity index (χ0n) is 11.2. The second-order valence-electron chi connectivity index (χ2n) is 4.56. The van der Waals surface area contributed by atoms with Gasteiger partial charge in [0.15, 0.2) is 0 Å². The Labute approximate surface area is 120 Å². The number of ether oxygens (including phenoxy) is 1. The van der Waals surface area contributed by atoms with Gasteiger partial charge >= 0.3 is 6.36 Å². The fourth-order valence-corrected chi connectivity index (χ4v) is 1.86. The zero-order valence-corrected chi connectivity index (χ0v) is 11.2. The first-order valence-electron chi connectivity index (χ1n) is 6.22. The van der Waals surface area contributed by atoms with Gasteiger partial charge in [0, 0.05) is 23.9 Å². The fourth-order valence-electron chi connectivity index (χ4n) is 1.86. The van der Waals surface area contributed by atoms with Crippen LogP contribution in [0.1, 0.15) is 11.1 Å². The summed E-state index contributed by atoms with van der Waals surface area (Å²) < 4.78 is 40.3. The molecule has 0 spiro atoms. The molecule has 2 aromatic carbocycles. The Kier molecular flexibility index (Phi) is 4.26. The highest BCUT2D eigenvalue weighted by molar-refractivity contribution is 5.49. The molecule has 0 aliphatic rings. The van der Waals surface area contributed by atoms with Crippen LogP contribution in [0.25, 0.3) is 0 Å². The third-order valence-corrected chi connectivity index (χ3v) is 2.79. The fraction of sp³-hybridized carbons (Fsp3) is 0.200. The van der Waals surface area contributed by atoms with Crippen LogP contribution in [-0.2, 0) is 6.54 Å². The molecule has 0 radical (unpaired) electrons. The van der Waals surface area contributed by atoms with Crippen molar-refractivity contribution in [1.82, 2.24) is 0 Å². The molecule has 0 atom stereocenters. The summed E-state index contributed by atoms with van der Waals surface area (Å²) in [6.45, 7) is 2.18. The maximum Gasteiger partial charge on any atom is 0.573 e. The number of benzene rings is 2. The number of halogens is 3. The minimum Gasteiger partial charge on any atom is -0.508 e. The zero-order chi connectivity index (χ0) is 15.5. The van der Waals surface area contributed by atoms with Crippen LogP contribution in [0.2, 0.25) is 0 Å². The molecule has 0 aromatic heterocycles. The summed E-state index contributed by atoms with van der Waals surface area (Å²) in [5.41, 5.74) is 2.12. The molecule has 2 aromatic rings. The smallest absolute Gasteiger partial charge is 0.508 e. The lowest BCUT2D eigenvalue weighted by Crippen LogP contribution is -2.17. The van der Waals surface area contributed by atoms with Crippen molar-refractivity contribution < 1.29 is 23.0 Å². The van der Waals surface area contributed by atoms with E-state index in [-0.39, 0.29) is 11.5 Å². The lowest BCUT2D eigenvalue weighted by atomic mass is 10.1. The SMILES string of the molecule is Cc1ccc(O)c(CNc2cccc(OC(F)(F)F)c2)c1. The first kappa shape index (κ1) is 15.0. The Morgan fingerprint density at radius 3 is 2.62 bits per heavy atom. The summed E-state index contributed by atoms with van der Waals surface area (Å²) in [5.74, 6) is -0.156. The van der Waals surface area contributed by atoms with E-state index in [4.69, 9.17) is 0 Å². The van der Waals surface area contributed by atoms with Gasteiger partial charge in [-0.05, 0) is 25.1 Å². The Balaban J connectivity index is 2.06. The quantitative estimate of drug-likeness (QED) is 0.888. The first-order valence-corrected chi connectivity index (χ1v) is 6.22. The van der Waals surface area contributed by atoms with E-state index in [2.05, 4.69) is 10.1 Å². The Hall–Kier alpha value is -2.37. The topological polar surface area (TPSA) is 41.5 Å². The predicted octanol–water partition coefficient (Wildman–Crippen LogP) is 4.21. The molecular weight excluding hydrogens is 283 g/mol. The van der Waals surface area contributed by atoms with Crippen LogP contribution in [0.4, 0.5) is 18.9 Å². The van der Waals surface area contributed by atoms with E-state index < -0.39 is 6.36 Å². The highest BCUT2D eigenvalue weighted by Crippen LogP contribution is 2.26. The van der Waals surface area contributed by atoms with Crippen molar-refractivity contribution >= 4 is 5.69 Å². The minimum atomic E-state index is -4.71. The molecule has 0 amide bonds. The number of phenolic OH excluding ortho intramolecular Hbond substituents is 1. The molecule has 0 unspecified atom stereocenters. The Bertz CT molecular complexity index is 627. The van der Waals surface area contributed by atoms with E-state index in [1.807, 2.05) is 6.92 Å². The van der Waals surface area contributed by atoms with E-state index in [1.165, 1.54) is 18.2 Å². The summed E-state index contributed by atoms with van der Waals surface area (Å²) >= 11 is 0.